The first-order chi connectivity index (χ1) is 7.21. The molecule has 1 aromatic rings. The van der Waals surface area contributed by atoms with Crippen LogP contribution >= 0.6 is 0 Å². The number of aromatic carboxylic acids is 2. The fraction of sp³-hybridized carbons (Fsp3) is 0. The Balaban J connectivity index is 0.00000256. The van der Waals surface area contributed by atoms with Gasteiger partial charge in [0, 0.05) is 0 Å². The average molecular weight is 386 g/mol. The molecule has 0 saturated heterocycles. The molecule has 0 saturated carbocycles. The van der Waals surface area contributed by atoms with Gasteiger partial charge in [0.05, 0.1) is 16.0 Å². The molecule has 0 bridgehead atoms. The van der Waals surface area contributed by atoms with Gasteiger partial charge in [-0.05, 0) is 18.2 Å². The molecule has 7 nitrogen and oxygen atoms in total. The molecule has 0 aliphatic carbocycles. The van der Waals surface area contributed by atoms with Crippen LogP contribution < -0.4 is 0 Å². The molecule has 0 aliphatic heterocycles. The van der Waals surface area contributed by atoms with E-state index in [0.29, 0.717) is 12.1 Å². The quantitative estimate of drug-likeness (QED) is 0.469. The van der Waals surface area contributed by atoms with Gasteiger partial charge in [-0.1, -0.05) is 0 Å². The van der Waals surface area contributed by atoms with Crippen molar-refractivity contribution in [3.63, 3.8) is 0 Å². The van der Waals surface area contributed by atoms with Crippen LogP contribution in [0.2, 0.25) is 0 Å². The summed E-state index contributed by atoms with van der Waals surface area (Å²) < 4.78 is 30.2. The van der Waals surface area contributed by atoms with Gasteiger partial charge in [-0.3, -0.25) is 4.55 Å². The second-order valence-electron chi connectivity index (χ2n) is 2.83. The van der Waals surface area contributed by atoms with E-state index in [-0.39, 0.29) is 48.9 Å². The summed E-state index contributed by atoms with van der Waals surface area (Å²) in [6.07, 6.45) is 0. The van der Waals surface area contributed by atoms with Gasteiger partial charge in [0.1, 0.15) is 0 Å². The summed E-state index contributed by atoms with van der Waals surface area (Å²) in [6.45, 7) is 0. The van der Waals surface area contributed by atoms with Crippen LogP contribution in [0.1, 0.15) is 20.7 Å². The summed E-state index contributed by atoms with van der Waals surface area (Å²) in [5.41, 5.74) is -1.07. The van der Waals surface area contributed by atoms with Crippen LogP contribution in [-0.2, 0) is 10.1 Å². The SMILES string of the molecule is O=C(O)c1cc(C(=O)O)cc(S(=O)(=O)O)c1.[BaH2]. The van der Waals surface area contributed by atoms with E-state index in [9.17, 15) is 18.0 Å². The minimum atomic E-state index is -4.64. The van der Waals surface area contributed by atoms with Gasteiger partial charge in [0.15, 0.2) is 0 Å². The molecule has 0 atom stereocenters. The Labute approximate surface area is 136 Å². The summed E-state index contributed by atoms with van der Waals surface area (Å²) >= 11 is 0. The second-order valence-corrected chi connectivity index (χ2v) is 4.25. The van der Waals surface area contributed by atoms with Crippen LogP contribution in [-0.4, -0.2) is 84.0 Å². The van der Waals surface area contributed by atoms with Crippen molar-refractivity contribution in [2.24, 2.45) is 0 Å². The van der Waals surface area contributed by atoms with E-state index in [1.54, 1.807) is 0 Å². The van der Waals surface area contributed by atoms with Gasteiger partial charge in [0.25, 0.3) is 10.1 Å². The summed E-state index contributed by atoms with van der Waals surface area (Å²) in [7, 11) is -4.64. The van der Waals surface area contributed by atoms with Crippen molar-refractivity contribution in [3.8, 4) is 0 Å². The molecule has 0 unspecified atom stereocenters. The number of carboxylic acid groups (broad SMARTS) is 2. The number of hydrogen-bond acceptors (Lipinski definition) is 4. The maximum atomic E-state index is 10.8. The molecule has 9 heteroatoms. The fourth-order valence-electron chi connectivity index (χ4n) is 0.995. The third kappa shape index (κ3) is 4.43. The first kappa shape index (κ1) is 16.6. The molecule has 0 radical (unpaired) electrons. The van der Waals surface area contributed by atoms with Crippen molar-refractivity contribution >= 4 is 70.9 Å². The van der Waals surface area contributed by atoms with Crippen LogP contribution in [0.15, 0.2) is 23.1 Å². The van der Waals surface area contributed by atoms with E-state index < -0.39 is 38.1 Å². The predicted molar refractivity (Wildman–Crippen MR) is 58.7 cm³/mol. The van der Waals surface area contributed by atoms with E-state index in [2.05, 4.69) is 0 Å². The molecule has 17 heavy (non-hydrogen) atoms. The zero-order valence-electron chi connectivity index (χ0n) is 7.61. The number of carbonyl (C=O) groups is 2. The number of benzene rings is 1. The van der Waals surface area contributed by atoms with Crippen molar-refractivity contribution in [2.45, 2.75) is 4.90 Å². The van der Waals surface area contributed by atoms with Gasteiger partial charge in [-0.2, -0.15) is 8.42 Å². The molecule has 1 rings (SSSR count). The van der Waals surface area contributed by atoms with Gasteiger partial charge >= 0.3 is 60.8 Å². The standard InChI is InChI=1S/C8H6O7S.Ba.2H/c9-7(10)4-1-5(8(11)12)3-6(2-4)16(13,14)15;;;/h1-3H,(H,9,10)(H,11,12)(H,13,14,15);;;. The Bertz CT molecular complexity index is 531. The molecule has 3 N–H and O–H groups in total. The fourth-order valence-corrected chi connectivity index (χ4v) is 1.55. The van der Waals surface area contributed by atoms with Crippen molar-refractivity contribution in [1.29, 1.82) is 0 Å². The Kier molecular flexibility index (Phi) is 5.87. The summed E-state index contributed by atoms with van der Waals surface area (Å²) in [5, 5.41) is 17.2. The molecule has 0 aliphatic rings. The molecular weight excluding hydrogens is 377 g/mol. The van der Waals surface area contributed by atoms with Crippen LogP contribution in [0.25, 0.3) is 0 Å². The Hall–Kier alpha value is -0.359. The molecule has 90 valence electrons. The summed E-state index contributed by atoms with van der Waals surface area (Å²) in [6, 6.07) is 2.13. The van der Waals surface area contributed by atoms with Crippen molar-refractivity contribution in [1.82, 2.24) is 0 Å². The van der Waals surface area contributed by atoms with E-state index in [1.807, 2.05) is 0 Å². The Morgan fingerprint density at radius 3 is 1.53 bits per heavy atom. The number of rotatable bonds is 3. The van der Waals surface area contributed by atoms with Crippen molar-refractivity contribution < 1.29 is 32.8 Å². The van der Waals surface area contributed by atoms with Gasteiger partial charge < -0.3 is 10.2 Å². The first-order valence-corrected chi connectivity index (χ1v) is 5.25. The minimum absolute atomic E-state index is 0. The van der Waals surface area contributed by atoms with E-state index in [0.717, 1.165) is 6.07 Å². The van der Waals surface area contributed by atoms with Gasteiger partial charge in [-0.15, -0.1) is 0 Å². The van der Waals surface area contributed by atoms with E-state index in [4.69, 9.17) is 14.8 Å². The normalized spacial score (nSPS) is 10.4. The third-order valence-electron chi connectivity index (χ3n) is 1.70. The Morgan fingerprint density at radius 2 is 1.29 bits per heavy atom. The van der Waals surface area contributed by atoms with Crippen LogP contribution in [0, 0.1) is 0 Å². The van der Waals surface area contributed by atoms with Crippen LogP contribution in [0.3, 0.4) is 0 Å². The number of carboxylic acids is 2. The zero-order valence-corrected chi connectivity index (χ0v) is 8.43. The predicted octanol–water partition coefficient (Wildman–Crippen LogP) is -0.586. The molecule has 0 aromatic heterocycles. The summed E-state index contributed by atoms with van der Waals surface area (Å²) in [5.74, 6) is -2.99. The topological polar surface area (TPSA) is 129 Å². The second kappa shape index (κ2) is 6.00. The monoisotopic (exact) mass is 386 g/mol. The molecule has 1 aromatic carbocycles. The molecular formula is C8H8BaO7S. The van der Waals surface area contributed by atoms with Crippen LogP contribution in [0.5, 0.6) is 0 Å². The van der Waals surface area contributed by atoms with E-state index in [1.165, 1.54) is 0 Å². The van der Waals surface area contributed by atoms with Crippen molar-refractivity contribution in [3.05, 3.63) is 29.3 Å². The number of hydrogen-bond donors (Lipinski definition) is 3. The molecule has 0 heterocycles. The Morgan fingerprint density at radius 1 is 0.941 bits per heavy atom. The third-order valence-corrected chi connectivity index (χ3v) is 2.53. The van der Waals surface area contributed by atoms with Gasteiger partial charge in [0.2, 0.25) is 0 Å². The maximum absolute atomic E-state index is 10.8. The van der Waals surface area contributed by atoms with Gasteiger partial charge in [-0.25, -0.2) is 9.59 Å². The molecule has 0 amide bonds. The average Bonchev–Trinajstić information content (AvgIpc) is 2.15. The molecule has 0 spiro atoms. The van der Waals surface area contributed by atoms with Crippen molar-refractivity contribution in [2.75, 3.05) is 0 Å². The van der Waals surface area contributed by atoms with Crippen LogP contribution in [0.4, 0.5) is 0 Å². The molecule has 0 fully saturated rings. The summed E-state index contributed by atoms with van der Waals surface area (Å²) in [4.78, 5) is 20.4. The first-order valence-electron chi connectivity index (χ1n) is 3.81. The zero-order chi connectivity index (χ0) is 12.5. The van der Waals surface area contributed by atoms with E-state index >= 15 is 0 Å².